The Kier molecular flexibility index (Phi) is 8.43. The van der Waals surface area contributed by atoms with E-state index in [1.165, 1.54) is 5.69 Å². The minimum absolute atomic E-state index is 0.839. The van der Waals surface area contributed by atoms with E-state index in [1.54, 1.807) is 12.4 Å². The van der Waals surface area contributed by atoms with Crippen LogP contribution in [0.3, 0.4) is 0 Å². The van der Waals surface area contributed by atoms with Gasteiger partial charge >= 0.3 is 0 Å². The lowest BCUT2D eigenvalue weighted by Crippen LogP contribution is -2.47. The lowest BCUT2D eigenvalue weighted by atomic mass is 10.3. The van der Waals surface area contributed by atoms with Gasteiger partial charge in [-0.15, -0.1) is 0 Å². The zero-order valence-corrected chi connectivity index (χ0v) is 18.5. The van der Waals surface area contributed by atoms with Crippen molar-refractivity contribution in [3.05, 3.63) is 35.9 Å². The number of hydrogen-bond acceptors (Lipinski definition) is 6. The maximum Gasteiger partial charge on any atom is 0.225 e. The molecule has 0 aliphatic carbocycles. The number of nitrogens with one attached hydrogen (secondary N) is 2. The van der Waals surface area contributed by atoms with E-state index in [0.717, 1.165) is 82.8 Å². The molecule has 9 heteroatoms. The van der Waals surface area contributed by atoms with Crippen LogP contribution in [0.2, 0.25) is 0 Å². The Bertz CT molecular complexity index is 779. The molecule has 1 aliphatic rings. The zero-order valence-electron chi connectivity index (χ0n) is 18.5. The van der Waals surface area contributed by atoms with Crippen LogP contribution in [0.4, 0.5) is 5.95 Å². The number of nitrogens with zero attached hydrogens (tertiary/aromatic N) is 7. The summed E-state index contributed by atoms with van der Waals surface area (Å²) in [5.41, 5.74) is 2.29. The van der Waals surface area contributed by atoms with Gasteiger partial charge in [0.2, 0.25) is 5.95 Å². The van der Waals surface area contributed by atoms with Gasteiger partial charge in [-0.1, -0.05) is 0 Å². The topological polar surface area (TPSA) is 86.5 Å². The summed E-state index contributed by atoms with van der Waals surface area (Å²) < 4.78 is 2.07. The van der Waals surface area contributed by atoms with Crippen LogP contribution in [-0.4, -0.2) is 83.5 Å². The van der Waals surface area contributed by atoms with Gasteiger partial charge in [0.15, 0.2) is 5.96 Å². The van der Waals surface area contributed by atoms with Crippen LogP contribution in [-0.2, 0) is 6.54 Å². The van der Waals surface area contributed by atoms with E-state index in [2.05, 4.69) is 58.2 Å². The summed E-state index contributed by atoms with van der Waals surface area (Å²) in [6.45, 7) is 12.0. The van der Waals surface area contributed by atoms with Crippen LogP contribution >= 0.6 is 0 Å². The van der Waals surface area contributed by atoms with Gasteiger partial charge in [0.1, 0.15) is 0 Å². The SMILES string of the molecule is CN=C(NCCCN1CCN(c2ncccn2)CC1)NCCCn1nc(C)cc1C. The van der Waals surface area contributed by atoms with Gasteiger partial charge < -0.3 is 15.5 Å². The van der Waals surface area contributed by atoms with E-state index in [1.807, 2.05) is 20.0 Å². The minimum Gasteiger partial charge on any atom is -0.356 e. The highest BCUT2D eigenvalue weighted by atomic mass is 15.3. The van der Waals surface area contributed by atoms with Gasteiger partial charge in [0, 0.05) is 70.9 Å². The molecule has 2 aromatic rings. The molecule has 30 heavy (non-hydrogen) atoms. The van der Waals surface area contributed by atoms with Gasteiger partial charge in [-0.2, -0.15) is 5.10 Å². The normalized spacial score (nSPS) is 15.4. The Labute approximate surface area is 179 Å². The maximum absolute atomic E-state index is 4.50. The van der Waals surface area contributed by atoms with Crippen LogP contribution in [0.15, 0.2) is 29.5 Å². The molecule has 0 amide bonds. The van der Waals surface area contributed by atoms with Crippen LogP contribution in [0, 0.1) is 13.8 Å². The van der Waals surface area contributed by atoms with Crippen molar-refractivity contribution < 1.29 is 0 Å². The third-order valence-electron chi connectivity index (χ3n) is 5.32. The fourth-order valence-electron chi connectivity index (χ4n) is 3.69. The molecular formula is C21H35N9. The molecule has 1 fully saturated rings. The number of guanidine groups is 1. The van der Waals surface area contributed by atoms with E-state index in [0.29, 0.717) is 0 Å². The van der Waals surface area contributed by atoms with E-state index < -0.39 is 0 Å². The number of hydrogen-bond donors (Lipinski definition) is 2. The van der Waals surface area contributed by atoms with E-state index in [9.17, 15) is 0 Å². The molecule has 0 unspecified atom stereocenters. The van der Waals surface area contributed by atoms with Crippen LogP contribution in [0.1, 0.15) is 24.2 Å². The van der Waals surface area contributed by atoms with Crippen molar-refractivity contribution in [2.75, 3.05) is 57.8 Å². The van der Waals surface area contributed by atoms with Gasteiger partial charge in [0.05, 0.1) is 5.69 Å². The molecule has 1 aliphatic heterocycles. The third kappa shape index (κ3) is 6.69. The molecule has 3 heterocycles. The monoisotopic (exact) mass is 413 g/mol. The first-order chi connectivity index (χ1) is 14.7. The zero-order chi connectivity index (χ0) is 21.2. The van der Waals surface area contributed by atoms with Crippen LogP contribution in [0.25, 0.3) is 0 Å². The van der Waals surface area contributed by atoms with Crippen molar-refractivity contribution in [2.45, 2.75) is 33.2 Å². The summed E-state index contributed by atoms with van der Waals surface area (Å²) in [5, 5.41) is 11.3. The standard InChI is InChI=1S/C21H35N9/c1-18-17-19(2)30(27-18)12-6-10-24-20(22-3)23-9-5-11-28-13-15-29(16-14-28)21-25-7-4-8-26-21/h4,7-8,17H,5-6,9-16H2,1-3H3,(H2,22,23,24). The van der Waals surface area contributed by atoms with Crippen molar-refractivity contribution in [1.82, 2.24) is 35.3 Å². The fourth-order valence-corrected chi connectivity index (χ4v) is 3.69. The molecule has 0 saturated carbocycles. The average molecular weight is 414 g/mol. The molecular weight excluding hydrogens is 378 g/mol. The van der Waals surface area contributed by atoms with Crippen LogP contribution in [0.5, 0.6) is 0 Å². The van der Waals surface area contributed by atoms with Crippen molar-refractivity contribution in [2.24, 2.45) is 4.99 Å². The molecule has 1 saturated heterocycles. The second-order valence-electron chi connectivity index (χ2n) is 7.66. The quantitative estimate of drug-likeness (QED) is 0.361. The van der Waals surface area contributed by atoms with Crippen molar-refractivity contribution in [3.8, 4) is 0 Å². The molecule has 0 radical (unpaired) electrons. The first-order valence-electron chi connectivity index (χ1n) is 10.9. The number of aryl methyl sites for hydroxylation is 3. The summed E-state index contributed by atoms with van der Waals surface area (Å²) in [6, 6.07) is 3.97. The predicted octanol–water partition coefficient (Wildman–Crippen LogP) is 1.06. The molecule has 2 aromatic heterocycles. The number of anilines is 1. The lowest BCUT2D eigenvalue weighted by molar-refractivity contribution is 0.254. The molecule has 0 atom stereocenters. The maximum atomic E-state index is 4.50. The number of rotatable bonds is 9. The molecule has 3 rings (SSSR count). The summed E-state index contributed by atoms with van der Waals surface area (Å²) in [4.78, 5) is 17.8. The second kappa shape index (κ2) is 11.5. The lowest BCUT2D eigenvalue weighted by Gasteiger charge is -2.34. The molecule has 164 valence electrons. The summed E-state index contributed by atoms with van der Waals surface area (Å²) in [5.74, 6) is 1.71. The van der Waals surface area contributed by atoms with Gasteiger partial charge in [-0.3, -0.25) is 14.6 Å². The summed E-state index contributed by atoms with van der Waals surface area (Å²) in [7, 11) is 1.82. The predicted molar refractivity (Wildman–Crippen MR) is 121 cm³/mol. The minimum atomic E-state index is 0.839. The van der Waals surface area contributed by atoms with Crippen LogP contribution < -0.4 is 15.5 Å². The van der Waals surface area contributed by atoms with E-state index in [4.69, 9.17) is 0 Å². The average Bonchev–Trinajstić information content (AvgIpc) is 3.10. The Morgan fingerprint density at radius 3 is 2.27 bits per heavy atom. The highest BCUT2D eigenvalue weighted by molar-refractivity contribution is 5.79. The van der Waals surface area contributed by atoms with E-state index in [-0.39, 0.29) is 0 Å². The van der Waals surface area contributed by atoms with Crippen molar-refractivity contribution in [3.63, 3.8) is 0 Å². The first-order valence-corrected chi connectivity index (χ1v) is 10.9. The number of aromatic nitrogens is 4. The highest BCUT2D eigenvalue weighted by Gasteiger charge is 2.18. The highest BCUT2D eigenvalue weighted by Crippen LogP contribution is 2.09. The Morgan fingerprint density at radius 2 is 1.67 bits per heavy atom. The summed E-state index contributed by atoms with van der Waals surface area (Å²) >= 11 is 0. The molecule has 0 spiro atoms. The van der Waals surface area contributed by atoms with E-state index >= 15 is 0 Å². The first kappa shape index (κ1) is 22.0. The third-order valence-corrected chi connectivity index (χ3v) is 5.32. The van der Waals surface area contributed by atoms with Crippen molar-refractivity contribution in [1.29, 1.82) is 0 Å². The smallest absolute Gasteiger partial charge is 0.225 e. The Balaban J connectivity index is 1.25. The van der Waals surface area contributed by atoms with Gasteiger partial charge in [0.25, 0.3) is 0 Å². The summed E-state index contributed by atoms with van der Waals surface area (Å²) in [6.07, 6.45) is 5.72. The molecule has 9 nitrogen and oxygen atoms in total. The number of aliphatic imine (C=N–C) groups is 1. The molecule has 0 aromatic carbocycles. The second-order valence-corrected chi connectivity index (χ2v) is 7.66. The fraction of sp³-hybridized carbons (Fsp3) is 0.619. The molecule has 2 N–H and O–H groups in total. The Hall–Kier alpha value is -2.68. The number of piperazine rings is 1. The van der Waals surface area contributed by atoms with Crippen molar-refractivity contribution >= 4 is 11.9 Å². The Morgan fingerprint density at radius 1 is 1.00 bits per heavy atom. The van der Waals surface area contributed by atoms with Gasteiger partial charge in [-0.05, 0) is 45.4 Å². The largest absolute Gasteiger partial charge is 0.356 e. The molecule has 0 bridgehead atoms. The van der Waals surface area contributed by atoms with Gasteiger partial charge in [-0.25, -0.2) is 9.97 Å².